The van der Waals surface area contributed by atoms with Crippen molar-refractivity contribution in [2.24, 2.45) is 0 Å². The molecule has 74 valence electrons. The summed E-state index contributed by atoms with van der Waals surface area (Å²) in [6.45, 7) is 1.91. The van der Waals surface area contributed by atoms with Crippen LogP contribution in [-0.4, -0.2) is 36.8 Å². The molecule has 1 aromatic rings. The quantitative estimate of drug-likeness (QED) is 0.764. The van der Waals surface area contributed by atoms with Gasteiger partial charge in [-0.15, -0.1) is 0 Å². The normalized spacial score (nSPS) is 12.3. The maximum Gasteiger partial charge on any atom is 0.259 e. The number of hydrogen-bond donors (Lipinski definition) is 1. The van der Waals surface area contributed by atoms with E-state index in [1.54, 1.807) is 0 Å². The minimum Gasteiger partial charge on any atom is -0.332 e. The smallest absolute Gasteiger partial charge is 0.259 e. The van der Waals surface area contributed by atoms with Crippen molar-refractivity contribution in [3.05, 3.63) is 12.0 Å². The topological polar surface area (TPSA) is 66.1 Å². The average molecular weight is 203 g/mol. The molecule has 0 fully saturated rings. The fourth-order valence-electron chi connectivity index (χ4n) is 0.851. The molecule has 0 aromatic carbocycles. The number of nitrogens with zero attached hydrogens (tertiary/aromatic N) is 2. The lowest BCUT2D eigenvalue weighted by Crippen LogP contribution is -2.22. The first-order valence-electron chi connectivity index (χ1n) is 3.95. The molecule has 0 aliphatic carbocycles. The Labute approximate surface area is 77.8 Å². The summed E-state index contributed by atoms with van der Waals surface area (Å²) in [6, 6.07) is 0. The van der Waals surface area contributed by atoms with Gasteiger partial charge in [0.2, 0.25) is 0 Å². The molecule has 5 nitrogen and oxygen atoms in total. The van der Waals surface area contributed by atoms with Gasteiger partial charge in [-0.1, -0.05) is 6.92 Å². The third kappa shape index (κ3) is 1.89. The molecular weight excluding hydrogens is 190 g/mol. The van der Waals surface area contributed by atoms with Gasteiger partial charge in [0.1, 0.15) is 5.82 Å². The molecule has 0 amide bonds. The Hall–Kier alpha value is -0.880. The number of H-pyrrole nitrogens is 1. The number of hydrogen-bond acceptors (Lipinski definition) is 3. The Bertz CT molecular complexity index is 380. The van der Waals surface area contributed by atoms with E-state index in [4.69, 9.17) is 0 Å². The van der Waals surface area contributed by atoms with E-state index in [2.05, 4.69) is 9.97 Å². The first kappa shape index (κ1) is 10.2. The number of aromatic nitrogens is 2. The lowest BCUT2D eigenvalue weighted by Gasteiger charge is -2.07. The van der Waals surface area contributed by atoms with E-state index in [0.717, 1.165) is 4.31 Å². The monoisotopic (exact) mass is 203 g/mol. The Balaban J connectivity index is 3.09. The summed E-state index contributed by atoms with van der Waals surface area (Å²) in [4.78, 5) is 6.67. The lowest BCUT2D eigenvalue weighted by molar-refractivity contribution is 0.517. The highest BCUT2D eigenvalue weighted by atomic mass is 32.2. The number of aryl methyl sites for hydroxylation is 1. The highest BCUT2D eigenvalue weighted by Gasteiger charge is 2.19. The van der Waals surface area contributed by atoms with Gasteiger partial charge in [0.25, 0.3) is 10.0 Å². The Morgan fingerprint density at radius 3 is 2.54 bits per heavy atom. The van der Waals surface area contributed by atoms with Gasteiger partial charge in [-0.25, -0.2) is 17.7 Å². The minimum atomic E-state index is -3.35. The van der Waals surface area contributed by atoms with E-state index in [1.165, 1.54) is 20.3 Å². The van der Waals surface area contributed by atoms with E-state index in [1.807, 2.05) is 6.92 Å². The van der Waals surface area contributed by atoms with Gasteiger partial charge in [0.05, 0.1) is 6.20 Å². The molecule has 0 atom stereocenters. The van der Waals surface area contributed by atoms with Crippen molar-refractivity contribution in [1.82, 2.24) is 14.3 Å². The Kier molecular flexibility index (Phi) is 2.72. The van der Waals surface area contributed by atoms with Crippen molar-refractivity contribution in [2.45, 2.75) is 18.4 Å². The third-order valence-corrected chi connectivity index (χ3v) is 3.42. The fourth-order valence-corrected chi connectivity index (χ4v) is 1.68. The maximum atomic E-state index is 11.5. The molecule has 0 radical (unpaired) electrons. The molecule has 1 rings (SSSR count). The van der Waals surface area contributed by atoms with E-state index < -0.39 is 10.0 Å². The predicted octanol–water partition coefficient (Wildman–Crippen LogP) is 0.222. The van der Waals surface area contributed by atoms with Crippen LogP contribution < -0.4 is 0 Å². The highest BCUT2D eigenvalue weighted by Crippen LogP contribution is 2.09. The van der Waals surface area contributed by atoms with Crippen LogP contribution in [0, 0.1) is 0 Å². The van der Waals surface area contributed by atoms with Crippen LogP contribution in [0.15, 0.2) is 11.2 Å². The molecular formula is C7H13N3O2S. The van der Waals surface area contributed by atoms with Crippen molar-refractivity contribution in [3.63, 3.8) is 0 Å². The number of rotatable bonds is 3. The van der Waals surface area contributed by atoms with Crippen LogP contribution in [-0.2, 0) is 16.4 Å². The second-order valence-electron chi connectivity index (χ2n) is 2.84. The molecule has 1 N–H and O–H groups in total. The zero-order valence-electron chi connectivity index (χ0n) is 7.90. The SMILES string of the molecule is CCc1ncc(S(=O)(=O)N(C)C)[nH]1. The number of aromatic amines is 1. The molecule has 6 heteroatoms. The van der Waals surface area contributed by atoms with E-state index in [-0.39, 0.29) is 5.03 Å². The zero-order chi connectivity index (χ0) is 10.1. The summed E-state index contributed by atoms with van der Waals surface area (Å²) in [5, 5.41) is 0.148. The van der Waals surface area contributed by atoms with Crippen LogP contribution in [0.1, 0.15) is 12.7 Å². The van der Waals surface area contributed by atoms with Crippen LogP contribution in [0.2, 0.25) is 0 Å². The van der Waals surface area contributed by atoms with Gasteiger partial charge in [-0.3, -0.25) is 0 Å². The number of nitrogens with one attached hydrogen (secondary N) is 1. The van der Waals surface area contributed by atoms with E-state index in [9.17, 15) is 8.42 Å². The minimum absolute atomic E-state index is 0.148. The molecule has 0 spiro atoms. The van der Waals surface area contributed by atoms with Gasteiger partial charge in [0, 0.05) is 20.5 Å². The summed E-state index contributed by atoms with van der Waals surface area (Å²) in [5.41, 5.74) is 0. The van der Waals surface area contributed by atoms with Crippen LogP contribution in [0.4, 0.5) is 0 Å². The maximum absolute atomic E-state index is 11.5. The summed E-state index contributed by atoms with van der Waals surface area (Å²) >= 11 is 0. The first-order valence-corrected chi connectivity index (χ1v) is 5.39. The lowest BCUT2D eigenvalue weighted by atomic mass is 10.5. The Morgan fingerprint density at radius 1 is 1.54 bits per heavy atom. The highest BCUT2D eigenvalue weighted by molar-refractivity contribution is 7.89. The first-order chi connectivity index (χ1) is 5.98. The second kappa shape index (κ2) is 3.47. The standard InChI is InChI=1S/C7H13N3O2S/c1-4-6-8-5-7(9-6)13(11,12)10(2)3/h5H,4H2,1-3H3,(H,8,9). The van der Waals surface area contributed by atoms with Crippen molar-refractivity contribution < 1.29 is 8.42 Å². The van der Waals surface area contributed by atoms with Gasteiger partial charge in [-0.2, -0.15) is 0 Å². The molecule has 0 saturated carbocycles. The van der Waals surface area contributed by atoms with Crippen LogP contribution in [0.3, 0.4) is 0 Å². The second-order valence-corrected chi connectivity index (χ2v) is 4.96. The molecule has 0 aliphatic heterocycles. The summed E-state index contributed by atoms with van der Waals surface area (Å²) in [7, 11) is -0.375. The van der Waals surface area contributed by atoms with Crippen molar-refractivity contribution in [3.8, 4) is 0 Å². The van der Waals surface area contributed by atoms with Crippen molar-refractivity contribution in [2.75, 3.05) is 14.1 Å². The van der Waals surface area contributed by atoms with Crippen LogP contribution in [0.5, 0.6) is 0 Å². The molecule has 1 heterocycles. The van der Waals surface area contributed by atoms with Crippen molar-refractivity contribution in [1.29, 1.82) is 0 Å². The summed E-state index contributed by atoms with van der Waals surface area (Å²) < 4.78 is 24.2. The Morgan fingerprint density at radius 2 is 2.15 bits per heavy atom. The summed E-state index contributed by atoms with van der Waals surface area (Å²) in [6.07, 6.45) is 2.04. The van der Waals surface area contributed by atoms with E-state index >= 15 is 0 Å². The van der Waals surface area contributed by atoms with E-state index in [0.29, 0.717) is 12.2 Å². The molecule has 1 aromatic heterocycles. The van der Waals surface area contributed by atoms with Gasteiger partial charge in [-0.05, 0) is 0 Å². The van der Waals surface area contributed by atoms with Crippen molar-refractivity contribution >= 4 is 10.0 Å². The molecule has 0 unspecified atom stereocenters. The molecule has 0 saturated heterocycles. The number of imidazole rings is 1. The van der Waals surface area contributed by atoms with Crippen LogP contribution >= 0.6 is 0 Å². The van der Waals surface area contributed by atoms with Gasteiger partial charge in [0.15, 0.2) is 5.03 Å². The third-order valence-electron chi connectivity index (χ3n) is 1.70. The zero-order valence-corrected chi connectivity index (χ0v) is 8.72. The van der Waals surface area contributed by atoms with Crippen LogP contribution in [0.25, 0.3) is 0 Å². The number of sulfonamides is 1. The predicted molar refractivity (Wildman–Crippen MR) is 48.8 cm³/mol. The average Bonchev–Trinajstić information content (AvgIpc) is 2.51. The molecule has 13 heavy (non-hydrogen) atoms. The summed E-state index contributed by atoms with van der Waals surface area (Å²) in [5.74, 6) is 0.681. The fraction of sp³-hybridized carbons (Fsp3) is 0.571. The largest absolute Gasteiger partial charge is 0.332 e. The van der Waals surface area contributed by atoms with Gasteiger partial charge >= 0.3 is 0 Å². The van der Waals surface area contributed by atoms with Gasteiger partial charge < -0.3 is 4.98 Å². The molecule has 0 bridgehead atoms. The molecule has 0 aliphatic rings.